The summed E-state index contributed by atoms with van der Waals surface area (Å²) in [6, 6.07) is 17.1. The van der Waals surface area contributed by atoms with Gasteiger partial charge in [0, 0.05) is 28.9 Å². The standard InChI is InChI=1S/C24H29N7O.CH5N.CH2O/c1-24(2,3)19(32-27)13-14-28-17-9-11-18(12-10-17)31-23-20(22(26)29-15-30-23)21(25)16-7-5-4-6-8-16;2*1-2/h4-13,15,25,28H,14,27H2,1-3H3,(H3,26,29,30,31);2H2,1H3;1H2/b19-13-,25-21?;;. The molecule has 1 aromatic heterocycles. The average molecular weight is 493 g/mol. The summed E-state index contributed by atoms with van der Waals surface area (Å²) in [5, 5.41) is 15.1. The van der Waals surface area contributed by atoms with Gasteiger partial charge in [-0.3, -0.25) is 5.41 Å². The van der Waals surface area contributed by atoms with Gasteiger partial charge in [-0.05, 0) is 37.4 Å². The van der Waals surface area contributed by atoms with E-state index in [0.717, 1.165) is 22.7 Å². The van der Waals surface area contributed by atoms with E-state index < -0.39 is 0 Å². The second-order valence-corrected chi connectivity index (χ2v) is 8.24. The van der Waals surface area contributed by atoms with Gasteiger partial charge >= 0.3 is 0 Å². The van der Waals surface area contributed by atoms with E-state index in [2.05, 4.69) is 26.3 Å². The highest BCUT2D eigenvalue weighted by atomic mass is 16.6. The van der Waals surface area contributed by atoms with E-state index in [4.69, 9.17) is 26.7 Å². The molecular formula is C26H36N8O2. The maximum Gasteiger partial charge on any atom is 0.145 e. The number of aromatic nitrogens is 2. The van der Waals surface area contributed by atoms with E-state index in [-0.39, 0.29) is 16.9 Å². The third-order valence-electron chi connectivity index (χ3n) is 4.80. The van der Waals surface area contributed by atoms with Gasteiger partial charge in [0.15, 0.2) is 0 Å². The van der Waals surface area contributed by atoms with Gasteiger partial charge in [-0.25, -0.2) is 9.97 Å². The summed E-state index contributed by atoms with van der Waals surface area (Å²) in [5.74, 6) is 6.82. The van der Waals surface area contributed by atoms with Crippen LogP contribution in [0.3, 0.4) is 0 Å². The summed E-state index contributed by atoms with van der Waals surface area (Å²) >= 11 is 0. The molecule has 1 heterocycles. The smallest absolute Gasteiger partial charge is 0.145 e. The van der Waals surface area contributed by atoms with Crippen LogP contribution in [-0.4, -0.2) is 36.1 Å². The van der Waals surface area contributed by atoms with E-state index in [0.29, 0.717) is 17.9 Å². The largest absolute Gasteiger partial charge is 0.416 e. The normalized spacial score (nSPS) is 10.7. The molecule has 0 amide bonds. The van der Waals surface area contributed by atoms with Crippen molar-refractivity contribution in [3.8, 4) is 0 Å². The molecule has 192 valence electrons. The van der Waals surface area contributed by atoms with E-state index in [9.17, 15) is 0 Å². The minimum Gasteiger partial charge on any atom is -0.416 e. The molecule has 36 heavy (non-hydrogen) atoms. The van der Waals surface area contributed by atoms with Gasteiger partial charge in [0.25, 0.3) is 0 Å². The number of allylic oxidation sites excluding steroid dienone is 1. The number of nitrogens with two attached hydrogens (primary N) is 3. The quantitative estimate of drug-likeness (QED) is 0.155. The third-order valence-corrected chi connectivity index (χ3v) is 4.80. The third kappa shape index (κ3) is 8.49. The Labute approximate surface area is 212 Å². The molecule has 0 aliphatic carbocycles. The SMILES string of the molecule is C=O.CC(C)(C)/C(=C/CNc1ccc(Nc2ncnc(N)c2C(=N)c2ccccc2)cc1)ON.CN. The first-order chi connectivity index (χ1) is 17.3. The number of nitrogens with one attached hydrogen (secondary N) is 3. The Morgan fingerprint density at radius 3 is 2.17 bits per heavy atom. The molecule has 0 saturated carbocycles. The lowest BCUT2D eigenvalue weighted by molar-refractivity contribution is -0.0979. The number of carbonyl (C=O) groups excluding carboxylic acids is 1. The Kier molecular flexibility index (Phi) is 12.3. The first kappa shape index (κ1) is 29.8. The molecule has 10 nitrogen and oxygen atoms in total. The van der Waals surface area contributed by atoms with Crippen molar-refractivity contribution in [3.63, 3.8) is 0 Å². The Balaban J connectivity index is 0.00000154. The second-order valence-electron chi connectivity index (χ2n) is 8.24. The van der Waals surface area contributed by atoms with Crippen LogP contribution < -0.4 is 28.0 Å². The summed E-state index contributed by atoms with van der Waals surface area (Å²) in [5.41, 5.74) is 13.6. The zero-order valence-corrected chi connectivity index (χ0v) is 21.2. The zero-order valence-electron chi connectivity index (χ0n) is 21.2. The summed E-state index contributed by atoms with van der Waals surface area (Å²) in [4.78, 5) is 21.4. The van der Waals surface area contributed by atoms with Crippen LogP contribution in [0.4, 0.5) is 23.0 Å². The number of anilines is 4. The maximum atomic E-state index is 8.59. The molecule has 0 aliphatic rings. The van der Waals surface area contributed by atoms with Crippen molar-refractivity contribution in [1.82, 2.24) is 9.97 Å². The molecule has 0 bridgehead atoms. The first-order valence-corrected chi connectivity index (χ1v) is 11.1. The van der Waals surface area contributed by atoms with Crippen LogP contribution >= 0.6 is 0 Å². The average Bonchev–Trinajstić information content (AvgIpc) is 2.89. The van der Waals surface area contributed by atoms with Gasteiger partial charge in [0.2, 0.25) is 0 Å². The molecule has 0 radical (unpaired) electrons. The number of rotatable bonds is 8. The molecule has 0 fully saturated rings. The molecule has 3 aromatic rings. The molecule has 0 atom stereocenters. The van der Waals surface area contributed by atoms with Crippen molar-refractivity contribution in [2.45, 2.75) is 20.8 Å². The highest BCUT2D eigenvalue weighted by Gasteiger charge is 2.18. The Morgan fingerprint density at radius 1 is 1.03 bits per heavy atom. The van der Waals surface area contributed by atoms with Crippen molar-refractivity contribution in [3.05, 3.63) is 83.9 Å². The van der Waals surface area contributed by atoms with Crippen LogP contribution in [-0.2, 0) is 9.63 Å². The van der Waals surface area contributed by atoms with Crippen LogP contribution in [0.1, 0.15) is 31.9 Å². The van der Waals surface area contributed by atoms with Gasteiger partial charge < -0.3 is 31.7 Å². The fourth-order valence-electron chi connectivity index (χ4n) is 3.09. The van der Waals surface area contributed by atoms with Crippen LogP contribution in [0.15, 0.2) is 72.8 Å². The van der Waals surface area contributed by atoms with E-state index >= 15 is 0 Å². The van der Waals surface area contributed by atoms with E-state index in [1.54, 1.807) is 0 Å². The highest BCUT2D eigenvalue weighted by Crippen LogP contribution is 2.26. The lowest BCUT2D eigenvalue weighted by Gasteiger charge is -2.20. The molecule has 0 saturated heterocycles. The Hall–Kier alpha value is -4.28. The number of carbonyl (C=O) groups is 1. The molecule has 3 rings (SSSR count). The molecule has 9 N–H and O–H groups in total. The van der Waals surface area contributed by atoms with Crippen molar-refractivity contribution in [2.24, 2.45) is 17.0 Å². The molecule has 0 unspecified atom stereocenters. The monoisotopic (exact) mass is 492 g/mol. The number of hydrogen-bond acceptors (Lipinski definition) is 10. The van der Waals surface area contributed by atoms with Gasteiger partial charge in [0.05, 0.1) is 11.3 Å². The lowest BCUT2D eigenvalue weighted by Crippen LogP contribution is -2.17. The summed E-state index contributed by atoms with van der Waals surface area (Å²) in [7, 11) is 1.50. The lowest BCUT2D eigenvalue weighted by atomic mass is 9.93. The maximum absolute atomic E-state index is 8.59. The van der Waals surface area contributed by atoms with E-state index in [1.807, 2.05) is 88.2 Å². The van der Waals surface area contributed by atoms with Gasteiger partial charge in [-0.15, -0.1) is 0 Å². The van der Waals surface area contributed by atoms with Crippen molar-refractivity contribution in [2.75, 3.05) is 30.0 Å². The van der Waals surface area contributed by atoms with E-state index in [1.165, 1.54) is 13.4 Å². The molecule has 0 aliphatic heterocycles. The van der Waals surface area contributed by atoms with Crippen LogP contribution in [0.25, 0.3) is 0 Å². The molecule has 2 aromatic carbocycles. The molecule has 0 spiro atoms. The van der Waals surface area contributed by atoms with Crippen molar-refractivity contribution < 1.29 is 9.63 Å². The molecular weight excluding hydrogens is 456 g/mol. The molecule has 10 heteroatoms. The van der Waals surface area contributed by atoms with Crippen molar-refractivity contribution >= 4 is 35.5 Å². The fraction of sp³-hybridized carbons (Fsp3) is 0.231. The summed E-state index contributed by atoms with van der Waals surface area (Å²) in [6.45, 7) is 8.70. The van der Waals surface area contributed by atoms with Crippen LogP contribution in [0.2, 0.25) is 0 Å². The van der Waals surface area contributed by atoms with Crippen LogP contribution in [0.5, 0.6) is 0 Å². The van der Waals surface area contributed by atoms with Crippen molar-refractivity contribution in [1.29, 1.82) is 5.41 Å². The first-order valence-electron chi connectivity index (χ1n) is 11.1. The second kappa shape index (κ2) is 14.9. The highest BCUT2D eigenvalue weighted by molar-refractivity contribution is 6.16. The number of nitrogen functional groups attached to an aromatic ring is 1. The fourth-order valence-corrected chi connectivity index (χ4v) is 3.09. The Bertz CT molecular complexity index is 1110. The van der Waals surface area contributed by atoms with Gasteiger partial charge in [-0.2, -0.15) is 5.90 Å². The number of hydrogen-bond donors (Lipinski definition) is 6. The number of benzene rings is 2. The predicted octanol–water partition coefficient (Wildman–Crippen LogP) is 3.84. The minimum absolute atomic E-state index is 0.158. The number of nitrogens with zero attached hydrogens (tertiary/aromatic N) is 2. The summed E-state index contributed by atoms with van der Waals surface area (Å²) < 4.78 is 0. The zero-order chi connectivity index (χ0) is 27.1. The minimum atomic E-state index is -0.158. The topological polar surface area (TPSA) is 178 Å². The van der Waals surface area contributed by atoms with Gasteiger partial charge in [-0.1, -0.05) is 51.1 Å². The van der Waals surface area contributed by atoms with Crippen LogP contribution in [0, 0.1) is 10.8 Å². The summed E-state index contributed by atoms with van der Waals surface area (Å²) in [6.07, 6.45) is 3.31. The predicted molar refractivity (Wildman–Crippen MR) is 147 cm³/mol. The van der Waals surface area contributed by atoms with Gasteiger partial charge in [0.1, 0.15) is 30.5 Å². The Morgan fingerprint density at radius 2 is 1.61 bits per heavy atom.